The minimum atomic E-state index is -3.84. The van der Waals surface area contributed by atoms with Crippen LogP contribution in [0.15, 0.2) is 48.8 Å². The molecule has 3 atom stereocenters. The molecule has 0 saturated heterocycles. The summed E-state index contributed by atoms with van der Waals surface area (Å²) in [4.78, 5) is 26.8. The number of hydrogen-bond donors (Lipinski definition) is 3. The number of anilines is 1. The Balaban J connectivity index is 1.22. The maximum absolute atomic E-state index is 15.5. The third-order valence-corrected chi connectivity index (χ3v) is 11.4. The number of sulfonamides is 1. The number of rotatable bonds is 11. The van der Waals surface area contributed by atoms with Crippen molar-refractivity contribution in [2.75, 3.05) is 11.0 Å². The van der Waals surface area contributed by atoms with E-state index in [1.807, 2.05) is 0 Å². The second-order valence-corrected chi connectivity index (χ2v) is 16.9. The van der Waals surface area contributed by atoms with E-state index in [1.165, 1.54) is 10.7 Å². The van der Waals surface area contributed by atoms with Gasteiger partial charge in [-0.25, -0.2) is 35.9 Å². The van der Waals surface area contributed by atoms with Crippen LogP contribution in [0.3, 0.4) is 0 Å². The van der Waals surface area contributed by atoms with Gasteiger partial charge in [-0.2, -0.15) is 24.1 Å². The van der Waals surface area contributed by atoms with Gasteiger partial charge in [0.25, 0.3) is 12.3 Å². The number of fused-ring (bicyclic) bond motifs is 5. The standard InChI is InChI=1S/C37H30ClF6N11O3S/c1-53-13-16(12-45-53)34-47-25-11-20(19-4-5-23(38)28-31(19)54(2)51-36(28)52-59(3,57)58)29(48-35(25)49-34)24(8-15-6-17(39)9-18(40)7-15)46-26(56)14-55-32-27(30(50-55)33(41)42)21-10-22(21)37(32,43)44/h4-7,9,11-13,21-22,24,33H,8,10,14H2,1-3H3,(H,46,56)(H,51,52)(H,47,48,49)/t21-,22?,24-/m0/s1. The largest absolute Gasteiger partial charge is 0.346 e. The molecule has 2 aliphatic rings. The average molecular weight is 858 g/mol. The van der Waals surface area contributed by atoms with Gasteiger partial charge in [0.2, 0.25) is 15.9 Å². The number of aromatic nitrogens is 9. The SMILES string of the molecule is Cn1cc(-c2nc3nc([C@H](Cc4cc(F)cc(F)c4)NC(=O)Cn4nc(C(F)F)c5c4C(F)(F)C4C[C@H]54)c(-c4ccc(Cl)c5c(NS(C)(=O)=O)nn(C)c45)cc3[nH]2)cn1. The van der Waals surface area contributed by atoms with Crippen LogP contribution in [0.5, 0.6) is 0 Å². The number of nitrogens with zero attached hydrogens (tertiary/aromatic N) is 8. The lowest BCUT2D eigenvalue weighted by molar-refractivity contribution is -0.123. The number of aryl methyl sites for hydroxylation is 2. The highest BCUT2D eigenvalue weighted by atomic mass is 35.5. The van der Waals surface area contributed by atoms with Gasteiger partial charge in [0.05, 0.1) is 51.2 Å². The van der Waals surface area contributed by atoms with E-state index in [-0.39, 0.29) is 57.1 Å². The molecule has 0 aliphatic heterocycles. The molecule has 5 heterocycles. The van der Waals surface area contributed by atoms with Gasteiger partial charge in [-0.05, 0) is 48.6 Å². The van der Waals surface area contributed by atoms with Crippen molar-refractivity contribution in [2.24, 2.45) is 20.0 Å². The lowest BCUT2D eigenvalue weighted by atomic mass is 9.94. The zero-order valence-corrected chi connectivity index (χ0v) is 32.5. The molecule has 1 unspecified atom stereocenters. The van der Waals surface area contributed by atoms with Crippen LogP contribution in [0.4, 0.5) is 32.2 Å². The van der Waals surface area contributed by atoms with E-state index < -0.39 is 75.7 Å². The van der Waals surface area contributed by atoms with Gasteiger partial charge in [0, 0.05) is 49.0 Å². The summed E-state index contributed by atoms with van der Waals surface area (Å²) in [6.45, 7) is -0.906. The molecule has 9 rings (SSSR count). The average Bonchev–Trinajstić information content (AvgIpc) is 3.44. The molecule has 306 valence electrons. The quantitative estimate of drug-likeness (QED) is 0.121. The first kappa shape index (κ1) is 38.6. The summed E-state index contributed by atoms with van der Waals surface area (Å²) in [7, 11) is -0.581. The number of hydrogen-bond acceptors (Lipinski definition) is 8. The molecule has 1 saturated carbocycles. The van der Waals surface area contributed by atoms with Gasteiger partial charge in [-0.3, -0.25) is 23.6 Å². The first-order chi connectivity index (χ1) is 27.9. The summed E-state index contributed by atoms with van der Waals surface area (Å²) in [5, 5.41) is 15.4. The molecular weight excluding hydrogens is 828 g/mol. The van der Waals surface area contributed by atoms with E-state index in [0.29, 0.717) is 38.7 Å². The summed E-state index contributed by atoms with van der Waals surface area (Å²) in [5.41, 5.74) is 0.381. The molecule has 2 aromatic carbocycles. The molecule has 1 fully saturated rings. The van der Waals surface area contributed by atoms with E-state index in [9.17, 15) is 30.8 Å². The van der Waals surface area contributed by atoms with Gasteiger partial charge in [-0.1, -0.05) is 17.7 Å². The van der Waals surface area contributed by atoms with Crippen molar-refractivity contribution in [1.82, 2.24) is 49.6 Å². The van der Waals surface area contributed by atoms with Gasteiger partial charge in [0.15, 0.2) is 11.5 Å². The monoisotopic (exact) mass is 857 g/mol. The lowest BCUT2D eigenvalue weighted by Crippen LogP contribution is -2.35. The predicted octanol–water partition coefficient (Wildman–Crippen LogP) is 6.66. The molecule has 3 N–H and O–H groups in total. The van der Waals surface area contributed by atoms with Gasteiger partial charge < -0.3 is 10.3 Å². The van der Waals surface area contributed by atoms with E-state index >= 15 is 8.78 Å². The number of benzene rings is 2. The third kappa shape index (κ3) is 6.74. The summed E-state index contributed by atoms with van der Waals surface area (Å²) in [5.74, 6) is -7.99. The van der Waals surface area contributed by atoms with Crippen molar-refractivity contribution >= 4 is 55.4 Å². The van der Waals surface area contributed by atoms with Crippen LogP contribution in [0.25, 0.3) is 44.6 Å². The molecule has 5 aromatic heterocycles. The summed E-state index contributed by atoms with van der Waals surface area (Å²) >= 11 is 6.65. The maximum Gasteiger partial charge on any atom is 0.293 e. The summed E-state index contributed by atoms with van der Waals surface area (Å²) in [6.07, 6.45) is 0.741. The molecule has 59 heavy (non-hydrogen) atoms. The number of imidazole rings is 1. The number of amides is 1. The number of alkyl halides is 4. The molecule has 0 radical (unpaired) electrons. The Kier molecular flexibility index (Phi) is 8.85. The highest BCUT2D eigenvalue weighted by Gasteiger charge is 2.67. The van der Waals surface area contributed by atoms with Crippen molar-refractivity contribution in [1.29, 1.82) is 0 Å². The van der Waals surface area contributed by atoms with Crippen LogP contribution in [-0.4, -0.2) is 64.9 Å². The van der Waals surface area contributed by atoms with E-state index in [4.69, 9.17) is 16.6 Å². The van der Waals surface area contributed by atoms with Gasteiger partial charge in [0.1, 0.15) is 35.4 Å². The van der Waals surface area contributed by atoms with Crippen LogP contribution in [-0.2, 0) is 47.8 Å². The van der Waals surface area contributed by atoms with Crippen molar-refractivity contribution < 1.29 is 39.6 Å². The maximum atomic E-state index is 15.5. The number of H-pyrrole nitrogens is 1. The first-order valence-corrected chi connectivity index (χ1v) is 20.2. The second kappa shape index (κ2) is 13.5. The van der Waals surface area contributed by atoms with Crippen LogP contribution < -0.4 is 10.0 Å². The van der Waals surface area contributed by atoms with E-state index in [1.54, 1.807) is 43.3 Å². The van der Waals surface area contributed by atoms with Crippen molar-refractivity contribution in [3.05, 3.63) is 93.7 Å². The number of carbonyl (C=O) groups excluding carboxylic acids is 1. The molecule has 0 bridgehead atoms. The Bertz CT molecular complexity index is 2980. The number of pyridine rings is 1. The lowest BCUT2D eigenvalue weighted by Gasteiger charge is -2.23. The number of aromatic amines is 1. The Labute approximate surface area is 334 Å². The van der Waals surface area contributed by atoms with Crippen LogP contribution in [0.2, 0.25) is 5.02 Å². The Hall–Kier alpha value is -5.96. The van der Waals surface area contributed by atoms with E-state index in [0.717, 1.165) is 18.4 Å². The third-order valence-electron chi connectivity index (χ3n) is 10.5. The Morgan fingerprint density at radius 1 is 1.05 bits per heavy atom. The fourth-order valence-corrected chi connectivity index (χ4v) is 8.83. The fourth-order valence-electron chi connectivity index (χ4n) is 8.09. The molecule has 1 amide bonds. The molecule has 0 spiro atoms. The van der Waals surface area contributed by atoms with Gasteiger partial charge in [-0.15, -0.1) is 0 Å². The van der Waals surface area contributed by atoms with Gasteiger partial charge >= 0.3 is 0 Å². The van der Waals surface area contributed by atoms with Crippen LogP contribution in [0.1, 0.15) is 53.0 Å². The predicted molar refractivity (Wildman–Crippen MR) is 202 cm³/mol. The second-order valence-electron chi connectivity index (χ2n) is 14.7. The minimum absolute atomic E-state index is 0.0247. The molecule has 22 heteroatoms. The molecule has 2 aliphatic carbocycles. The zero-order chi connectivity index (χ0) is 41.9. The number of carbonyl (C=O) groups is 1. The molecule has 7 aromatic rings. The Morgan fingerprint density at radius 3 is 2.47 bits per heavy atom. The van der Waals surface area contributed by atoms with Crippen molar-refractivity contribution in [3.8, 4) is 22.5 Å². The number of halogens is 7. The molecule has 14 nitrogen and oxygen atoms in total. The smallest absolute Gasteiger partial charge is 0.293 e. The topological polar surface area (TPSA) is 170 Å². The summed E-state index contributed by atoms with van der Waals surface area (Å²) in [6, 6.07) is 6.20. The molecular formula is C37H30ClF6N11O3S. The minimum Gasteiger partial charge on any atom is -0.346 e. The zero-order valence-electron chi connectivity index (χ0n) is 30.9. The van der Waals surface area contributed by atoms with Crippen LogP contribution in [0, 0.1) is 17.6 Å². The summed E-state index contributed by atoms with van der Waals surface area (Å²) < 4.78 is 119. The highest BCUT2D eigenvalue weighted by Crippen LogP contribution is 2.68. The van der Waals surface area contributed by atoms with E-state index in [2.05, 4.69) is 35.3 Å². The first-order valence-electron chi connectivity index (χ1n) is 17.9. The fraction of sp³-hybridized carbons (Fsp3) is 0.297. The Morgan fingerprint density at radius 2 is 1.80 bits per heavy atom. The normalized spacial score (nSPS) is 17.5. The number of nitrogens with one attached hydrogen (secondary N) is 3. The van der Waals surface area contributed by atoms with Crippen molar-refractivity contribution in [3.63, 3.8) is 0 Å². The van der Waals surface area contributed by atoms with Crippen molar-refractivity contribution in [2.45, 2.75) is 43.7 Å². The van der Waals surface area contributed by atoms with Crippen LogP contribution >= 0.6 is 11.6 Å². The highest BCUT2D eigenvalue weighted by molar-refractivity contribution is 7.92.